The van der Waals surface area contributed by atoms with Gasteiger partial charge in [0, 0.05) is 19.5 Å². The number of ketones is 1. The lowest BCUT2D eigenvalue weighted by molar-refractivity contribution is -0.122. The van der Waals surface area contributed by atoms with Gasteiger partial charge in [0.25, 0.3) is 0 Å². The Labute approximate surface area is 130 Å². The van der Waals surface area contributed by atoms with Gasteiger partial charge in [-0.05, 0) is 17.0 Å². The molecule has 4 nitrogen and oxygen atoms in total. The van der Waals surface area contributed by atoms with Gasteiger partial charge in [0.15, 0.2) is 5.78 Å². The summed E-state index contributed by atoms with van der Waals surface area (Å²) >= 11 is 6.36. The summed E-state index contributed by atoms with van der Waals surface area (Å²) in [5.41, 5.74) is 2.85. The highest BCUT2D eigenvalue weighted by atomic mass is 35.5. The molecule has 0 saturated carbocycles. The molecule has 0 unspecified atom stereocenters. The van der Waals surface area contributed by atoms with Crippen molar-refractivity contribution in [3.05, 3.63) is 28.4 Å². The van der Waals surface area contributed by atoms with Gasteiger partial charge in [-0.25, -0.2) is 0 Å². The fourth-order valence-corrected chi connectivity index (χ4v) is 2.85. The number of aromatic nitrogens is 2. The highest BCUT2D eigenvalue weighted by molar-refractivity contribution is 6.35. The average molecular weight is 309 g/mol. The number of halogens is 1. The number of aryl methyl sites for hydroxylation is 1. The van der Waals surface area contributed by atoms with E-state index < -0.39 is 0 Å². The summed E-state index contributed by atoms with van der Waals surface area (Å²) in [6.07, 6.45) is 0.235. The van der Waals surface area contributed by atoms with E-state index in [2.05, 4.69) is 25.9 Å². The first kappa shape index (κ1) is 16.0. The molecule has 0 fully saturated rings. The first-order valence-electron chi connectivity index (χ1n) is 6.91. The minimum Gasteiger partial charge on any atom is -0.377 e. The van der Waals surface area contributed by atoms with E-state index in [9.17, 15) is 4.79 Å². The summed E-state index contributed by atoms with van der Waals surface area (Å²) in [4.78, 5) is 11.8. The van der Waals surface area contributed by atoms with Gasteiger partial charge in [-0.2, -0.15) is 5.10 Å². The molecule has 0 N–H and O–H groups in total. The van der Waals surface area contributed by atoms with Gasteiger partial charge in [0.2, 0.25) is 0 Å². The van der Waals surface area contributed by atoms with E-state index in [1.807, 2.05) is 23.9 Å². The van der Waals surface area contributed by atoms with Gasteiger partial charge < -0.3 is 4.74 Å². The standard InChI is InChI=1S/C16H21ClN2O2/c1-16(2,3)11-6-7-12(17)14-13(8-10(20)9-21-5)18-19(4)15(11)14/h6-7H,8-9H2,1-5H3. The molecule has 0 aliphatic heterocycles. The molecule has 0 saturated heterocycles. The first-order chi connectivity index (χ1) is 9.75. The smallest absolute Gasteiger partial charge is 0.164 e. The second kappa shape index (κ2) is 5.78. The number of benzene rings is 1. The van der Waals surface area contributed by atoms with Crippen molar-refractivity contribution in [2.24, 2.45) is 7.05 Å². The van der Waals surface area contributed by atoms with Crippen LogP contribution in [0.5, 0.6) is 0 Å². The van der Waals surface area contributed by atoms with Crippen molar-refractivity contribution in [2.75, 3.05) is 13.7 Å². The van der Waals surface area contributed by atoms with Crippen LogP contribution in [0, 0.1) is 0 Å². The topological polar surface area (TPSA) is 44.1 Å². The van der Waals surface area contributed by atoms with Gasteiger partial charge in [0.1, 0.15) is 6.61 Å². The first-order valence-corrected chi connectivity index (χ1v) is 7.28. The molecule has 2 aromatic rings. The Morgan fingerprint density at radius 3 is 2.62 bits per heavy atom. The molecular formula is C16H21ClN2O2. The van der Waals surface area contributed by atoms with E-state index in [0.29, 0.717) is 10.7 Å². The van der Waals surface area contributed by atoms with E-state index in [0.717, 1.165) is 10.9 Å². The minimum absolute atomic E-state index is 0.00488. The summed E-state index contributed by atoms with van der Waals surface area (Å²) in [6.45, 7) is 6.55. The van der Waals surface area contributed by atoms with Gasteiger partial charge >= 0.3 is 0 Å². The lowest BCUT2D eigenvalue weighted by Crippen LogP contribution is -2.13. The van der Waals surface area contributed by atoms with Gasteiger partial charge in [-0.1, -0.05) is 38.4 Å². The Morgan fingerprint density at radius 1 is 1.38 bits per heavy atom. The van der Waals surface area contributed by atoms with Crippen LogP contribution in [0.3, 0.4) is 0 Å². The van der Waals surface area contributed by atoms with E-state index in [1.54, 1.807) is 0 Å². The highest BCUT2D eigenvalue weighted by Gasteiger charge is 2.23. The van der Waals surface area contributed by atoms with E-state index >= 15 is 0 Å². The number of methoxy groups -OCH3 is 1. The maximum absolute atomic E-state index is 11.8. The number of fused-ring (bicyclic) bond motifs is 1. The Kier molecular flexibility index (Phi) is 4.40. The molecule has 0 aliphatic carbocycles. The van der Waals surface area contributed by atoms with Crippen molar-refractivity contribution in [3.8, 4) is 0 Å². The van der Waals surface area contributed by atoms with E-state index in [-0.39, 0.29) is 24.2 Å². The normalized spacial score (nSPS) is 12.1. The van der Waals surface area contributed by atoms with Crippen molar-refractivity contribution < 1.29 is 9.53 Å². The molecule has 5 heteroatoms. The Hall–Kier alpha value is -1.39. The van der Waals surface area contributed by atoms with Crippen LogP contribution in [0.4, 0.5) is 0 Å². The Bertz CT molecular complexity index is 684. The fourth-order valence-electron chi connectivity index (χ4n) is 2.59. The molecule has 0 amide bonds. The summed E-state index contributed by atoms with van der Waals surface area (Å²) in [5, 5.41) is 6.01. The lowest BCUT2D eigenvalue weighted by atomic mass is 9.85. The quantitative estimate of drug-likeness (QED) is 0.870. The van der Waals surface area contributed by atoms with Crippen LogP contribution in [-0.2, 0) is 28.4 Å². The van der Waals surface area contributed by atoms with Crippen molar-refractivity contribution in [2.45, 2.75) is 32.6 Å². The number of nitrogens with zero attached hydrogens (tertiary/aromatic N) is 2. The minimum atomic E-state index is -0.0234. The van der Waals surface area contributed by atoms with Crippen molar-refractivity contribution in [1.29, 1.82) is 0 Å². The number of ether oxygens (including phenoxy) is 1. The number of carbonyl (C=O) groups excluding carboxylic acids is 1. The van der Waals surface area contributed by atoms with Crippen LogP contribution in [0.2, 0.25) is 5.02 Å². The number of Topliss-reactive ketones (excluding diaryl/α,β-unsaturated/α-hetero) is 1. The average Bonchev–Trinajstić information content (AvgIpc) is 2.66. The third kappa shape index (κ3) is 3.11. The maximum Gasteiger partial charge on any atom is 0.164 e. The zero-order chi connectivity index (χ0) is 15.8. The van der Waals surface area contributed by atoms with Crippen LogP contribution < -0.4 is 0 Å². The van der Waals surface area contributed by atoms with Crippen LogP contribution in [0.25, 0.3) is 10.9 Å². The second-order valence-electron chi connectivity index (χ2n) is 6.29. The molecule has 0 bridgehead atoms. The largest absolute Gasteiger partial charge is 0.377 e. The second-order valence-corrected chi connectivity index (χ2v) is 6.69. The molecule has 1 heterocycles. The van der Waals surface area contributed by atoms with Crippen LogP contribution in [0.1, 0.15) is 32.0 Å². The van der Waals surface area contributed by atoms with Crippen molar-refractivity contribution in [3.63, 3.8) is 0 Å². The number of carbonyl (C=O) groups is 1. The molecule has 0 aliphatic rings. The summed E-state index contributed by atoms with van der Waals surface area (Å²) in [7, 11) is 3.40. The fraction of sp³-hybridized carbons (Fsp3) is 0.500. The SMILES string of the molecule is COCC(=O)Cc1nn(C)c2c(C(C)(C)C)ccc(Cl)c12. The van der Waals surface area contributed by atoms with Crippen molar-refractivity contribution >= 4 is 28.3 Å². The van der Waals surface area contributed by atoms with E-state index in [4.69, 9.17) is 16.3 Å². The van der Waals surface area contributed by atoms with Gasteiger partial charge in [-0.3, -0.25) is 9.48 Å². The monoisotopic (exact) mass is 308 g/mol. The van der Waals surface area contributed by atoms with Crippen LogP contribution >= 0.6 is 11.6 Å². The maximum atomic E-state index is 11.8. The third-order valence-corrected chi connectivity index (χ3v) is 3.80. The summed E-state index contributed by atoms with van der Waals surface area (Å²) in [6, 6.07) is 3.92. The molecular weight excluding hydrogens is 288 g/mol. The zero-order valence-corrected chi connectivity index (χ0v) is 13.9. The van der Waals surface area contributed by atoms with Gasteiger partial charge in [-0.15, -0.1) is 0 Å². The third-order valence-electron chi connectivity index (χ3n) is 3.49. The molecule has 0 atom stereocenters. The number of rotatable bonds is 4. The lowest BCUT2D eigenvalue weighted by Gasteiger charge is -2.21. The Balaban J connectivity index is 2.63. The van der Waals surface area contributed by atoms with Gasteiger partial charge in [0.05, 0.1) is 22.7 Å². The molecule has 114 valence electrons. The molecule has 21 heavy (non-hydrogen) atoms. The molecule has 1 aromatic heterocycles. The summed E-state index contributed by atoms with van der Waals surface area (Å²) in [5.74, 6) is -0.00488. The highest BCUT2D eigenvalue weighted by Crippen LogP contribution is 2.35. The molecule has 0 radical (unpaired) electrons. The van der Waals surface area contributed by atoms with Crippen LogP contribution in [-0.4, -0.2) is 29.3 Å². The molecule has 0 spiro atoms. The summed E-state index contributed by atoms with van der Waals surface area (Å²) < 4.78 is 6.70. The number of hydrogen-bond acceptors (Lipinski definition) is 3. The van der Waals surface area contributed by atoms with Crippen molar-refractivity contribution in [1.82, 2.24) is 9.78 Å². The Morgan fingerprint density at radius 2 is 2.05 bits per heavy atom. The number of hydrogen-bond donors (Lipinski definition) is 0. The zero-order valence-electron chi connectivity index (χ0n) is 13.2. The predicted octanol–water partition coefficient (Wildman–Crippen LogP) is 3.28. The van der Waals surface area contributed by atoms with E-state index in [1.165, 1.54) is 12.7 Å². The predicted molar refractivity (Wildman–Crippen MR) is 85.0 cm³/mol. The molecule has 2 rings (SSSR count). The molecule has 1 aromatic carbocycles. The van der Waals surface area contributed by atoms with Crippen LogP contribution in [0.15, 0.2) is 12.1 Å².